The Morgan fingerprint density at radius 3 is 2.75 bits per heavy atom. The van der Waals surface area contributed by atoms with Crippen LogP contribution in [0.15, 0.2) is 34.2 Å². The Hall–Kier alpha value is -0.910. The minimum Gasteiger partial charge on any atom is -0.355 e. The molecule has 1 N–H and O–H groups in total. The van der Waals surface area contributed by atoms with E-state index >= 15 is 0 Å². The van der Waals surface area contributed by atoms with Crippen molar-refractivity contribution in [3.05, 3.63) is 44.7 Å². The van der Waals surface area contributed by atoms with Gasteiger partial charge in [-0.1, -0.05) is 19.9 Å². The van der Waals surface area contributed by atoms with Crippen LogP contribution in [-0.4, -0.2) is 18.1 Å². The summed E-state index contributed by atoms with van der Waals surface area (Å²) < 4.78 is 1.15. The molecule has 0 aromatic carbocycles. The third-order valence-electron chi connectivity index (χ3n) is 2.93. The zero-order valence-electron chi connectivity index (χ0n) is 12.1. The summed E-state index contributed by atoms with van der Waals surface area (Å²) in [7, 11) is 2.07. The Kier molecular flexibility index (Phi) is 5.57. The summed E-state index contributed by atoms with van der Waals surface area (Å²) in [5.74, 6) is 1.00. The van der Waals surface area contributed by atoms with Gasteiger partial charge in [0.25, 0.3) is 0 Å². The Labute approximate surface area is 133 Å². The molecule has 0 unspecified atom stereocenters. The molecule has 3 nitrogen and oxygen atoms in total. The van der Waals surface area contributed by atoms with E-state index in [1.807, 2.05) is 6.20 Å². The van der Waals surface area contributed by atoms with E-state index in [1.54, 1.807) is 11.3 Å². The number of halogens is 1. The first-order valence-electron chi connectivity index (χ1n) is 6.67. The highest BCUT2D eigenvalue weighted by Gasteiger charge is 2.06. The maximum atomic E-state index is 4.54. The molecule has 0 fully saturated rings. The van der Waals surface area contributed by atoms with Gasteiger partial charge in [0.2, 0.25) is 0 Å². The van der Waals surface area contributed by atoms with Gasteiger partial charge in [-0.25, -0.2) is 4.98 Å². The van der Waals surface area contributed by atoms with Gasteiger partial charge in [-0.15, -0.1) is 11.3 Å². The zero-order chi connectivity index (χ0) is 14.5. The molecule has 0 aliphatic carbocycles. The first-order valence-corrected chi connectivity index (χ1v) is 8.34. The van der Waals surface area contributed by atoms with Crippen molar-refractivity contribution in [2.24, 2.45) is 0 Å². The van der Waals surface area contributed by atoms with Crippen LogP contribution in [0.5, 0.6) is 0 Å². The lowest BCUT2D eigenvalue weighted by atomic mass is 10.2. The highest BCUT2D eigenvalue weighted by molar-refractivity contribution is 9.10. The van der Waals surface area contributed by atoms with Crippen LogP contribution >= 0.6 is 27.3 Å². The van der Waals surface area contributed by atoms with E-state index in [2.05, 4.69) is 75.6 Å². The first-order chi connectivity index (χ1) is 9.54. The number of rotatable bonds is 6. The lowest BCUT2D eigenvalue weighted by Gasteiger charge is -2.17. The fraction of sp³-hybridized carbons (Fsp3) is 0.400. The molecule has 0 amide bonds. The molecule has 5 heteroatoms. The second kappa shape index (κ2) is 7.20. The molecule has 2 aromatic rings. The van der Waals surface area contributed by atoms with Gasteiger partial charge in [0.15, 0.2) is 0 Å². The molecule has 0 saturated carbocycles. The van der Waals surface area contributed by atoms with Crippen molar-refractivity contribution in [2.75, 3.05) is 11.9 Å². The summed E-state index contributed by atoms with van der Waals surface area (Å²) in [5.41, 5.74) is 1.22. The van der Waals surface area contributed by atoms with Gasteiger partial charge < -0.3 is 10.2 Å². The number of nitrogens with one attached hydrogen (secondary N) is 1. The number of hydrogen-bond acceptors (Lipinski definition) is 4. The standard InChI is InChI=1S/C15H20BrN3S/c1-11(2)17-7-12-4-5-15(18-8-12)19(3)9-14-6-13(16)10-20-14/h4-6,8,10-11,17H,7,9H2,1-3H3. The van der Waals surface area contributed by atoms with E-state index in [9.17, 15) is 0 Å². The Bertz CT molecular complexity index is 536. The van der Waals surface area contributed by atoms with Gasteiger partial charge in [-0.2, -0.15) is 0 Å². The predicted molar refractivity (Wildman–Crippen MR) is 90.3 cm³/mol. The molecular formula is C15H20BrN3S. The molecule has 108 valence electrons. The van der Waals surface area contributed by atoms with Gasteiger partial charge in [0, 0.05) is 40.6 Å². The largest absolute Gasteiger partial charge is 0.355 e. The average Bonchev–Trinajstić information content (AvgIpc) is 2.82. The second-order valence-electron chi connectivity index (χ2n) is 5.15. The lowest BCUT2D eigenvalue weighted by molar-refractivity contribution is 0.588. The van der Waals surface area contributed by atoms with Crippen LogP contribution in [0.4, 0.5) is 5.82 Å². The molecule has 20 heavy (non-hydrogen) atoms. The maximum Gasteiger partial charge on any atom is 0.128 e. The van der Waals surface area contributed by atoms with Crippen molar-refractivity contribution in [1.82, 2.24) is 10.3 Å². The molecule has 0 bridgehead atoms. The van der Waals surface area contributed by atoms with Crippen LogP contribution in [-0.2, 0) is 13.1 Å². The van der Waals surface area contributed by atoms with Gasteiger partial charge in [0.1, 0.15) is 5.82 Å². The van der Waals surface area contributed by atoms with Crippen molar-refractivity contribution >= 4 is 33.1 Å². The minimum absolute atomic E-state index is 0.495. The second-order valence-corrected chi connectivity index (χ2v) is 7.06. The minimum atomic E-state index is 0.495. The van der Waals surface area contributed by atoms with Crippen molar-refractivity contribution in [2.45, 2.75) is 33.0 Å². The van der Waals surface area contributed by atoms with Crippen molar-refractivity contribution < 1.29 is 0 Å². The number of nitrogens with zero attached hydrogens (tertiary/aromatic N) is 2. The Balaban J connectivity index is 1.94. The van der Waals surface area contributed by atoms with Crippen LogP contribution in [0.1, 0.15) is 24.3 Å². The number of thiophene rings is 1. The molecule has 0 spiro atoms. The van der Waals surface area contributed by atoms with Gasteiger partial charge in [-0.05, 0) is 33.6 Å². The Morgan fingerprint density at radius 2 is 2.20 bits per heavy atom. The number of aromatic nitrogens is 1. The third-order valence-corrected chi connectivity index (χ3v) is 4.61. The van der Waals surface area contributed by atoms with E-state index < -0.39 is 0 Å². The van der Waals surface area contributed by atoms with Crippen LogP contribution in [0.2, 0.25) is 0 Å². The fourth-order valence-corrected chi connectivity index (χ4v) is 3.32. The summed E-state index contributed by atoms with van der Waals surface area (Å²) in [6.45, 7) is 6.04. The van der Waals surface area contributed by atoms with Crippen LogP contribution in [0.3, 0.4) is 0 Å². The molecule has 2 aromatic heterocycles. The third kappa shape index (κ3) is 4.58. The summed E-state index contributed by atoms with van der Waals surface area (Å²) in [6.07, 6.45) is 1.95. The SMILES string of the molecule is CC(C)NCc1ccc(N(C)Cc2cc(Br)cs2)nc1. The molecule has 0 aliphatic rings. The van der Waals surface area contributed by atoms with Gasteiger partial charge >= 0.3 is 0 Å². The average molecular weight is 354 g/mol. The molecule has 0 radical (unpaired) electrons. The topological polar surface area (TPSA) is 28.2 Å². The fourth-order valence-electron chi connectivity index (χ4n) is 1.82. The summed E-state index contributed by atoms with van der Waals surface area (Å²) >= 11 is 5.25. The zero-order valence-corrected chi connectivity index (χ0v) is 14.5. The maximum absolute atomic E-state index is 4.54. The van der Waals surface area contributed by atoms with Crippen molar-refractivity contribution in [3.63, 3.8) is 0 Å². The number of anilines is 1. The molecule has 0 aliphatic heterocycles. The normalized spacial score (nSPS) is 11.1. The first kappa shape index (κ1) is 15.5. The molecule has 2 heterocycles. The number of hydrogen-bond donors (Lipinski definition) is 1. The molecule has 0 saturated heterocycles. The van der Waals surface area contributed by atoms with Crippen molar-refractivity contribution in [1.29, 1.82) is 0 Å². The molecular weight excluding hydrogens is 334 g/mol. The summed E-state index contributed by atoms with van der Waals surface area (Å²) in [4.78, 5) is 8.03. The van der Waals surface area contributed by atoms with Crippen molar-refractivity contribution in [3.8, 4) is 0 Å². The van der Waals surface area contributed by atoms with Gasteiger partial charge in [0.05, 0.1) is 6.54 Å². The number of pyridine rings is 1. The highest BCUT2D eigenvalue weighted by Crippen LogP contribution is 2.22. The van der Waals surface area contributed by atoms with E-state index in [0.717, 1.165) is 23.4 Å². The summed E-state index contributed by atoms with van der Waals surface area (Å²) in [6, 6.07) is 6.87. The van der Waals surface area contributed by atoms with E-state index in [4.69, 9.17) is 0 Å². The van der Waals surface area contributed by atoms with Crippen LogP contribution < -0.4 is 10.2 Å². The monoisotopic (exact) mass is 353 g/mol. The Morgan fingerprint density at radius 1 is 1.40 bits per heavy atom. The van der Waals surface area contributed by atoms with Crippen LogP contribution in [0.25, 0.3) is 0 Å². The highest BCUT2D eigenvalue weighted by atomic mass is 79.9. The smallest absolute Gasteiger partial charge is 0.128 e. The summed E-state index contributed by atoms with van der Waals surface area (Å²) in [5, 5.41) is 5.50. The quantitative estimate of drug-likeness (QED) is 0.849. The molecule has 2 rings (SSSR count). The van der Waals surface area contributed by atoms with E-state index in [0.29, 0.717) is 6.04 Å². The van der Waals surface area contributed by atoms with Gasteiger partial charge in [-0.3, -0.25) is 0 Å². The predicted octanol–water partition coefficient (Wildman–Crippen LogP) is 4.04. The van der Waals surface area contributed by atoms with Crippen LogP contribution in [0, 0.1) is 0 Å². The van der Waals surface area contributed by atoms with E-state index in [1.165, 1.54) is 10.4 Å². The van der Waals surface area contributed by atoms with E-state index in [-0.39, 0.29) is 0 Å². The molecule has 0 atom stereocenters. The lowest BCUT2D eigenvalue weighted by Crippen LogP contribution is -2.22.